The maximum atomic E-state index is 14.2. The molecule has 576 valence electrons. The first-order chi connectivity index (χ1) is 48.7. The van der Waals surface area contributed by atoms with Crippen molar-refractivity contribution in [2.24, 2.45) is 0 Å². The predicted octanol–water partition coefficient (Wildman–Crippen LogP) is 13.2. The molecule has 1 aromatic carbocycles. The van der Waals surface area contributed by atoms with Crippen LogP contribution < -0.4 is 16.0 Å². The molecule has 0 bridgehead atoms. The Labute approximate surface area is 600 Å². The summed E-state index contributed by atoms with van der Waals surface area (Å²) >= 11 is 0. The fourth-order valence-corrected chi connectivity index (χ4v) is 12.4. The largest absolute Gasteiger partial charge is 0.481 e. The molecule has 2 rings (SSSR count). The van der Waals surface area contributed by atoms with Crippen LogP contribution in [-0.4, -0.2) is 171 Å². The van der Waals surface area contributed by atoms with E-state index in [9.17, 15) is 78.3 Å². The van der Waals surface area contributed by atoms with E-state index in [4.69, 9.17) is 23.7 Å². The molecule has 1 saturated heterocycles. The lowest BCUT2D eigenvalue weighted by Crippen LogP contribution is -2.67. The fourth-order valence-electron chi connectivity index (χ4n) is 12.4. The van der Waals surface area contributed by atoms with Crippen molar-refractivity contribution in [2.45, 2.75) is 352 Å². The first-order valence-electron chi connectivity index (χ1n) is 38.3. The van der Waals surface area contributed by atoms with E-state index < -0.39 is 154 Å². The van der Waals surface area contributed by atoms with Crippen molar-refractivity contribution in [3.63, 3.8) is 0 Å². The third-order valence-corrected chi connectivity index (χ3v) is 18.1. The Bertz CT molecular complexity index is 2470. The van der Waals surface area contributed by atoms with Gasteiger partial charge in [0.05, 0.1) is 44.4 Å². The highest BCUT2D eigenvalue weighted by Gasteiger charge is 2.52. The van der Waals surface area contributed by atoms with Crippen molar-refractivity contribution in [3.05, 3.63) is 35.9 Å². The van der Waals surface area contributed by atoms with Gasteiger partial charge in [-0.1, -0.05) is 232 Å². The third kappa shape index (κ3) is 45.8. The molecular weight excluding hydrogens is 1300 g/mol. The van der Waals surface area contributed by atoms with Gasteiger partial charge in [-0.05, 0) is 50.7 Å². The van der Waals surface area contributed by atoms with Gasteiger partial charge in [-0.15, -0.1) is 0 Å². The van der Waals surface area contributed by atoms with Crippen molar-refractivity contribution in [2.75, 3.05) is 26.2 Å². The number of carboxylic acid groups (broad SMARTS) is 5. The highest BCUT2D eigenvalue weighted by molar-refractivity contribution is 5.94. The summed E-state index contributed by atoms with van der Waals surface area (Å²) in [6.07, 6.45) is 17.9. The van der Waals surface area contributed by atoms with E-state index in [0.717, 1.165) is 96.3 Å². The van der Waals surface area contributed by atoms with Crippen LogP contribution in [0.1, 0.15) is 314 Å². The van der Waals surface area contributed by atoms with Gasteiger partial charge in [-0.3, -0.25) is 47.9 Å². The average Bonchev–Trinajstić information content (AvgIpc) is 0.780. The smallest absolute Gasteiger partial charge is 0.326 e. The second-order valence-electron chi connectivity index (χ2n) is 27.1. The molecule has 0 aliphatic carbocycles. The summed E-state index contributed by atoms with van der Waals surface area (Å²) in [6, 6.07) is 5.39. The van der Waals surface area contributed by atoms with Gasteiger partial charge in [0, 0.05) is 44.3 Å². The van der Waals surface area contributed by atoms with Gasteiger partial charge < -0.3 is 70.1 Å². The van der Waals surface area contributed by atoms with Gasteiger partial charge in [-0.2, -0.15) is 0 Å². The number of esters is 2. The number of hydrogen-bond donors (Lipinski definition) is 8. The average molecular weight is 1430 g/mol. The number of carboxylic acids is 5. The highest BCUT2D eigenvalue weighted by Crippen LogP contribution is 2.32. The molecule has 0 spiro atoms. The van der Waals surface area contributed by atoms with Crippen LogP contribution in [0.2, 0.25) is 0 Å². The molecule has 0 radical (unpaired) electrons. The second kappa shape index (κ2) is 57.7. The lowest BCUT2D eigenvalue weighted by atomic mass is 9.94. The summed E-state index contributed by atoms with van der Waals surface area (Å²) in [5.74, 6) is -11.3. The minimum absolute atomic E-state index is 0.152. The summed E-state index contributed by atoms with van der Waals surface area (Å²) in [4.78, 5) is 145. The molecule has 0 saturated carbocycles. The van der Waals surface area contributed by atoms with Crippen molar-refractivity contribution >= 4 is 65.4 Å². The quantitative estimate of drug-likeness (QED) is 0.0222. The van der Waals surface area contributed by atoms with Crippen molar-refractivity contribution in [1.82, 2.24) is 20.9 Å². The summed E-state index contributed by atoms with van der Waals surface area (Å²) in [5, 5.41) is 58.3. The molecule has 4 amide bonds. The Kier molecular flexibility index (Phi) is 51.7. The highest BCUT2D eigenvalue weighted by atomic mass is 16.7. The number of unbranched alkanes of at least 4 members (excludes halogenated alkanes) is 31. The lowest BCUT2D eigenvalue weighted by molar-refractivity contribution is -0.297. The molecule has 101 heavy (non-hydrogen) atoms. The van der Waals surface area contributed by atoms with Crippen LogP contribution >= 0.6 is 0 Å². The van der Waals surface area contributed by atoms with E-state index in [1.807, 2.05) is 6.07 Å². The van der Waals surface area contributed by atoms with E-state index in [2.05, 4.69) is 36.7 Å². The molecule has 1 aliphatic heterocycles. The normalized spacial score (nSPS) is 16.1. The van der Waals surface area contributed by atoms with Crippen LogP contribution in [0.15, 0.2) is 30.3 Å². The summed E-state index contributed by atoms with van der Waals surface area (Å²) in [7, 11) is 0. The Hall–Kier alpha value is -6.73. The number of benzene rings is 1. The number of hydrogen-bond acceptors (Lipinski definition) is 16. The van der Waals surface area contributed by atoms with Gasteiger partial charge >= 0.3 is 41.8 Å². The van der Waals surface area contributed by atoms with Gasteiger partial charge in [0.25, 0.3) is 5.91 Å². The molecule has 6 atom stereocenters. The number of nitrogens with zero attached hydrogens (tertiary/aromatic N) is 1. The molecule has 25 nitrogen and oxygen atoms in total. The Morgan fingerprint density at radius 2 is 0.911 bits per heavy atom. The van der Waals surface area contributed by atoms with Crippen molar-refractivity contribution < 1.29 is 102 Å². The van der Waals surface area contributed by atoms with Crippen LogP contribution in [0.5, 0.6) is 0 Å². The fraction of sp³-hybridized carbons (Fsp3) is 0.776. The number of ether oxygens (including phenoxy) is 5. The second-order valence-corrected chi connectivity index (χ2v) is 27.1. The zero-order chi connectivity index (χ0) is 74.3. The van der Waals surface area contributed by atoms with Crippen LogP contribution in [0.4, 0.5) is 0 Å². The Balaban J connectivity index is 2.48. The number of nitrogens with one attached hydrogen (secondary N) is 3. The standard InChI is InChI=1S/C76H126N4O21/c1-4-7-10-13-16-19-21-23-26-31-39-46-70(93)101-73-71(79-62(81)44-37-29-28-32-40-49-77-74(94)57-42-35-34-36-43-57)76(99-59(53-67(88)89)54-68(90)91)100-61(72(73)98-58(51-65(84)85)52-66(86)87)56-97-69(92)48-47-60(75(95)96)78-63(82)55-80(50-41-33-27-24-20-17-14-11-8-5-2)64(83)45-38-30-25-22-18-15-12-9-6-3/h34-36,42-43,58-61,71-73,76H,4-33,37-41,44-56H2,1-3H3,(H,77,94)(H,78,82)(H,79,81)(H,84,85)(H,86,87)(H,88,89)(H,90,91)(H,95,96)/t60?,61-,71+,72-,73-,76+/m1/s1. The number of carbonyl (C=O) groups excluding carboxylic acids is 6. The van der Waals surface area contributed by atoms with Crippen LogP contribution in [-0.2, 0) is 71.6 Å². The SMILES string of the molecule is CCCCCCCCCCCCCC(=O)O[C@@H]1[C@H](NC(=O)CCCCCCCNC(=O)c2ccccc2)[C@@H](OC(CC(=O)O)CC(=O)O)O[C@H](COC(=O)CCC(NC(=O)CN(CCCCCCCCCCCC)C(=O)CCCCCCCCCCC)C(=O)O)[C@H]1OC(CC(=O)O)CC(=O)O. The Morgan fingerprint density at radius 1 is 0.475 bits per heavy atom. The van der Waals surface area contributed by atoms with Crippen LogP contribution in [0.25, 0.3) is 0 Å². The van der Waals surface area contributed by atoms with E-state index in [0.29, 0.717) is 76.4 Å². The molecule has 1 aliphatic rings. The monoisotopic (exact) mass is 1430 g/mol. The van der Waals surface area contributed by atoms with Crippen molar-refractivity contribution in [1.29, 1.82) is 0 Å². The molecule has 0 aromatic heterocycles. The van der Waals surface area contributed by atoms with Gasteiger partial charge in [0.2, 0.25) is 17.7 Å². The summed E-state index contributed by atoms with van der Waals surface area (Å²) in [6.45, 7) is 5.91. The number of rotatable bonds is 65. The first kappa shape index (κ1) is 90.4. The van der Waals surface area contributed by atoms with Crippen molar-refractivity contribution in [3.8, 4) is 0 Å². The van der Waals surface area contributed by atoms with E-state index in [-0.39, 0.29) is 31.1 Å². The number of carbonyl (C=O) groups is 11. The van der Waals surface area contributed by atoms with E-state index in [1.165, 1.54) is 75.5 Å². The van der Waals surface area contributed by atoms with Crippen LogP contribution in [0.3, 0.4) is 0 Å². The maximum Gasteiger partial charge on any atom is 0.326 e. The molecule has 1 aromatic rings. The minimum Gasteiger partial charge on any atom is -0.481 e. The van der Waals surface area contributed by atoms with E-state index in [1.54, 1.807) is 24.3 Å². The molecule has 8 N–H and O–H groups in total. The van der Waals surface area contributed by atoms with Gasteiger partial charge in [-0.25, -0.2) is 4.79 Å². The molecule has 1 unspecified atom stereocenters. The summed E-state index contributed by atoms with van der Waals surface area (Å²) < 4.78 is 30.6. The first-order valence-corrected chi connectivity index (χ1v) is 38.3. The number of aliphatic carboxylic acids is 5. The van der Waals surface area contributed by atoms with Crippen LogP contribution in [0, 0.1) is 0 Å². The predicted molar refractivity (Wildman–Crippen MR) is 381 cm³/mol. The maximum absolute atomic E-state index is 14.2. The zero-order valence-corrected chi connectivity index (χ0v) is 61.2. The van der Waals surface area contributed by atoms with Gasteiger partial charge in [0.15, 0.2) is 12.4 Å². The molecule has 1 heterocycles. The Morgan fingerprint density at radius 3 is 1.39 bits per heavy atom. The van der Waals surface area contributed by atoms with Gasteiger partial charge in [0.1, 0.15) is 30.9 Å². The summed E-state index contributed by atoms with van der Waals surface area (Å²) in [5.41, 5.74) is 0.525. The zero-order valence-electron chi connectivity index (χ0n) is 61.2. The topological polar surface area (TPSA) is 374 Å². The number of amides is 4. The minimum atomic E-state index is -1.93. The lowest BCUT2D eigenvalue weighted by Gasteiger charge is -2.47. The molecule has 1 fully saturated rings. The van der Waals surface area contributed by atoms with E-state index >= 15 is 0 Å². The molecule has 25 heteroatoms. The third-order valence-electron chi connectivity index (χ3n) is 18.1. The molecular formula is C76H126N4O21.